The maximum Gasteiger partial charge on any atom is 0.268 e. The lowest BCUT2D eigenvalue weighted by molar-refractivity contribution is -0.128. The summed E-state index contributed by atoms with van der Waals surface area (Å²) in [5.74, 6) is -0.103. The second-order valence-corrected chi connectivity index (χ2v) is 4.01. The molecule has 0 aromatic heterocycles. The molecule has 2 N–H and O–H groups in total. The molecular weight excluding hydrogens is 236 g/mol. The number of carbonyl (C=O) groups excluding carboxylic acids is 2. The quantitative estimate of drug-likeness (QED) is 0.788. The number of anilines is 1. The van der Waals surface area contributed by atoms with E-state index in [2.05, 4.69) is 5.32 Å². The van der Waals surface area contributed by atoms with Gasteiger partial charge in [0.05, 0.1) is 5.69 Å². The average molecular weight is 250 g/mol. The molecule has 0 saturated heterocycles. The fourth-order valence-corrected chi connectivity index (χ4v) is 1.78. The number of hydrogen-bond acceptors (Lipinski definition) is 4. The molecule has 1 aromatic carbocycles. The number of fused-ring (bicyclic) bond motifs is 1. The number of benzene rings is 1. The Hall–Kier alpha value is -2.24. The van der Waals surface area contributed by atoms with Gasteiger partial charge in [0.25, 0.3) is 5.91 Å². The second kappa shape index (κ2) is 4.56. The van der Waals surface area contributed by atoms with Crippen molar-refractivity contribution in [3.8, 4) is 11.5 Å². The molecule has 2 rings (SSSR count). The van der Waals surface area contributed by atoms with Crippen LogP contribution < -0.4 is 15.0 Å². The van der Waals surface area contributed by atoms with Gasteiger partial charge in [0.15, 0.2) is 6.10 Å². The Morgan fingerprint density at radius 3 is 2.94 bits per heavy atom. The number of likely N-dealkylation sites (N-methyl/N-ethyl adjacent to an activating group) is 1. The SMILES string of the molecule is CNC(=O)CN1C(=O)C(C)Oc2ccc(O)cc21. The van der Waals surface area contributed by atoms with E-state index in [1.165, 1.54) is 24.1 Å². The van der Waals surface area contributed by atoms with Crippen molar-refractivity contribution in [2.45, 2.75) is 13.0 Å². The first-order valence-electron chi connectivity index (χ1n) is 5.54. The molecule has 0 spiro atoms. The molecular formula is C12H14N2O4. The number of aromatic hydroxyl groups is 1. The molecule has 1 aromatic rings. The van der Waals surface area contributed by atoms with Crippen LogP contribution >= 0.6 is 0 Å². The van der Waals surface area contributed by atoms with E-state index < -0.39 is 6.10 Å². The van der Waals surface area contributed by atoms with Gasteiger partial charge in [0.1, 0.15) is 18.0 Å². The first-order chi connectivity index (χ1) is 8.52. The van der Waals surface area contributed by atoms with Crippen LogP contribution in [0.4, 0.5) is 5.69 Å². The number of ether oxygens (including phenoxy) is 1. The topological polar surface area (TPSA) is 78.9 Å². The van der Waals surface area contributed by atoms with E-state index in [0.29, 0.717) is 11.4 Å². The van der Waals surface area contributed by atoms with Gasteiger partial charge in [0, 0.05) is 13.1 Å². The van der Waals surface area contributed by atoms with Gasteiger partial charge in [-0.05, 0) is 19.1 Å². The van der Waals surface area contributed by atoms with Crippen LogP contribution in [0.3, 0.4) is 0 Å². The summed E-state index contributed by atoms with van der Waals surface area (Å²) in [5.41, 5.74) is 0.404. The minimum Gasteiger partial charge on any atom is -0.508 e. The van der Waals surface area contributed by atoms with Crippen LogP contribution in [0.1, 0.15) is 6.92 Å². The summed E-state index contributed by atoms with van der Waals surface area (Å²) in [6, 6.07) is 4.45. The Morgan fingerprint density at radius 2 is 2.28 bits per heavy atom. The van der Waals surface area contributed by atoms with Crippen LogP contribution in [0.15, 0.2) is 18.2 Å². The van der Waals surface area contributed by atoms with Gasteiger partial charge in [0.2, 0.25) is 5.91 Å². The van der Waals surface area contributed by atoms with Crippen molar-refractivity contribution in [1.29, 1.82) is 0 Å². The lowest BCUT2D eigenvalue weighted by atomic mass is 10.1. The summed E-state index contributed by atoms with van der Waals surface area (Å²) in [7, 11) is 1.50. The fourth-order valence-electron chi connectivity index (χ4n) is 1.78. The predicted octanol–water partition coefficient (Wildman–Crippen LogP) is 0.252. The van der Waals surface area contributed by atoms with Crippen molar-refractivity contribution in [3.05, 3.63) is 18.2 Å². The summed E-state index contributed by atoms with van der Waals surface area (Å²) in [6.07, 6.45) is -0.647. The normalized spacial score (nSPS) is 18.0. The lowest BCUT2D eigenvalue weighted by Gasteiger charge is -2.32. The van der Waals surface area contributed by atoms with Crippen molar-refractivity contribution in [2.24, 2.45) is 0 Å². The molecule has 1 heterocycles. The standard InChI is InChI=1S/C12H14N2O4/c1-7-12(17)14(6-11(16)13-2)9-5-8(15)3-4-10(9)18-7/h3-5,7,15H,6H2,1-2H3,(H,13,16). The van der Waals surface area contributed by atoms with Gasteiger partial charge < -0.3 is 15.2 Å². The molecule has 1 unspecified atom stereocenters. The maximum absolute atomic E-state index is 12.0. The number of carbonyl (C=O) groups is 2. The van der Waals surface area contributed by atoms with E-state index in [1.54, 1.807) is 13.0 Å². The van der Waals surface area contributed by atoms with E-state index in [0.717, 1.165) is 0 Å². The minimum atomic E-state index is -0.647. The highest BCUT2D eigenvalue weighted by molar-refractivity contribution is 6.03. The first-order valence-corrected chi connectivity index (χ1v) is 5.54. The van der Waals surface area contributed by atoms with Crippen LogP contribution in [0.2, 0.25) is 0 Å². The van der Waals surface area contributed by atoms with Crippen LogP contribution in [0.5, 0.6) is 11.5 Å². The molecule has 0 bridgehead atoms. The van der Waals surface area contributed by atoms with Crippen LogP contribution in [-0.4, -0.2) is 36.6 Å². The van der Waals surface area contributed by atoms with Gasteiger partial charge in [-0.25, -0.2) is 0 Å². The van der Waals surface area contributed by atoms with Gasteiger partial charge in [-0.3, -0.25) is 14.5 Å². The lowest BCUT2D eigenvalue weighted by Crippen LogP contribution is -2.48. The number of phenolic OH excluding ortho intramolecular Hbond substituents is 1. The monoisotopic (exact) mass is 250 g/mol. The molecule has 1 aliphatic rings. The molecule has 1 aliphatic heterocycles. The highest BCUT2D eigenvalue weighted by Gasteiger charge is 2.32. The number of rotatable bonds is 2. The number of nitrogens with one attached hydrogen (secondary N) is 1. The van der Waals surface area contributed by atoms with E-state index in [1.807, 2.05) is 0 Å². The number of hydrogen-bond donors (Lipinski definition) is 2. The van der Waals surface area contributed by atoms with Crippen molar-refractivity contribution in [3.63, 3.8) is 0 Å². The van der Waals surface area contributed by atoms with Gasteiger partial charge in [-0.1, -0.05) is 0 Å². The summed E-state index contributed by atoms with van der Waals surface area (Å²) < 4.78 is 5.41. The predicted molar refractivity (Wildman–Crippen MR) is 64.6 cm³/mol. The van der Waals surface area contributed by atoms with Crippen LogP contribution in [-0.2, 0) is 9.59 Å². The molecule has 96 valence electrons. The van der Waals surface area contributed by atoms with Gasteiger partial charge in [-0.2, -0.15) is 0 Å². The third-order valence-corrected chi connectivity index (χ3v) is 2.73. The average Bonchev–Trinajstić information content (AvgIpc) is 2.35. The number of phenols is 1. The zero-order valence-corrected chi connectivity index (χ0v) is 10.1. The molecule has 0 saturated carbocycles. The molecule has 1 atom stereocenters. The Kier molecular flexibility index (Phi) is 3.10. The molecule has 6 nitrogen and oxygen atoms in total. The summed E-state index contributed by atoms with van der Waals surface area (Å²) in [6.45, 7) is 1.52. The smallest absolute Gasteiger partial charge is 0.268 e. The first kappa shape index (κ1) is 12.2. The Labute approximate surface area is 104 Å². The summed E-state index contributed by atoms with van der Waals surface area (Å²) >= 11 is 0. The van der Waals surface area contributed by atoms with Gasteiger partial charge in [-0.15, -0.1) is 0 Å². The maximum atomic E-state index is 12.0. The fraction of sp³-hybridized carbons (Fsp3) is 0.333. The van der Waals surface area contributed by atoms with E-state index in [-0.39, 0.29) is 24.1 Å². The molecule has 6 heteroatoms. The molecule has 0 fully saturated rings. The zero-order valence-electron chi connectivity index (χ0n) is 10.1. The Morgan fingerprint density at radius 1 is 1.56 bits per heavy atom. The van der Waals surface area contributed by atoms with Crippen molar-refractivity contribution < 1.29 is 19.4 Å². The second-order valence-electron chi connectivity index (χ2n) is 4.01. The summed E-state index contributed by atoms with van der Waals surface area (Å²) in [4.78, 5) is 24.7. The molecule has 18 heavy (non-hydrogen) atoms. The third kappa shape index (κ3) is 2.09. The molecule has 2 amide bonds. The Balaban J connectivity index is 2.40. The van der Waals surface area contributed by atoms with Crippen LogP contribution in [0, 0.1) is 0 Å². The highest BCUT2D eigenvalue weighted by atomic mass is 16.5. The Bertz CT molecular complexity index is 501. The van der Waals surface area contributed by atoms with Crippen molar-refractivity contribution >= 4 is 17.5 Å². The van der Waals surface area contributed by atoms with Crippen LogP contribution in [0.25, 0.3) is 0 Å². The highest BCUT2D eigenvalue weighted by Crippen LogP contribution is 2.36. The van der Waals surface area contributed by atoms with E-state index in [9.17, 15) is 14.7 Å². The molecule has 0 aliphatic carbocycles. The largest absolute Gasteiger partial charge is 0.508 e. The van der Waals surface area contributed by atoms with Gasteiger partial charge >= 0.3 is 0 Å². The summed E-state index contributed by atoms with van der Waals surface area (Å²) in [5, 5.41) is 11.9. The number of amides is 2. The zero-order chi connectivity index (χ0) is 13.3. The van der Waals surface area contributed by atoms with Crippen molar-refractivity contribution in [2.75, 3.05) is 18.5 Å². The molecule has 0 radical (unpaired) electrons. The minimum absolute atomic E-state index is 0.0154. The number of nitrogens with zero attached hydrogens (tertiary/aromatic N) is 1. The third-order valence-electron chi connectivity index (χ3n) is 2.73. The van der Waals surface area contributed by atoms with Crippen molar-refractivity contribution in [1.82, 2.24) is 5.32 Å². The van der Waals surface area contributed by atoms with E-state index >= 15 is 0 Å². The van der Waals surface area contributed by atoms with E-state index in [4.69, 9.17) is 4.74 Å².